The highest BCUT2D eigenvalue weighted by Crippen LogP contribution is 2.26. The standard InChI is InChI=1S/C14H20ClNO3/c1-14(2,3)16(9-13(17)18)8-10-5-6-12(19-4)11(15)7-10/h5-7H,8-9H2,1-4H3,(H,17,18). The Morgan fingerprint density at radius 1 is 1.42 bits per heavy atom. The maximum Gasteiger partial charge on any atom is 0.317 e. The summed E-state index contributed by atoms with van der Waals surface area (Å²) in [5.74, 6) is -0.222. The van der Waals surface area contributed by atoms with Gasteiger partial charge in [0.15, 0.2) is 0 Å². The molecule has 0 amide bonds. The summed E-state index contributed by atoms with van der Waals surface area (Å²) in [6.07, 6.45) is 0. The number of benzene rings is 1. The predicted molar refractivity (Wildman–Crippen MR) is 75.8 cm³/mol. The fraction of sp³-hybridized carbons (Fsp3) is 0.500. The van der Waals surface area contributed by atoms with Crippen molar-refractivity contribution < 1.29 is 14.6 Å². The normalized spacial score (nSPS) is 11.7. The molecule has 0 aliphatic carbocycles. The van der Waals surface area contributed by atoms with Gasteiger partial charge < -0.3 is 9.84 Å². The van der Waals surface area contributed by atoms with Gasteiger partial charge in [0.2, 0.25) is 0 Å². The Morgan fingerprint density at radius 3 is 2.47 bits per heavy atom. The summed E-state index contributed by atoms with van der Waals surface area (Å²) in [5.41, 5.74) is 0.729. The monoisotopic (exact) mass is 285 g/mol. The molecule has 1 aromatic rings. The number of hydrogen-bond donors (Lipinski definition) is 1. The van der Waals surface area contributed by atoms with Gasteiger partial charge >= 0.3 is 5.97 Å². The van der Waals surface area contributed by atoms with Gasteiger partial charge in [-0.3, -0.25) is 9.69 Å². The van der Waals surface area contributed by atoms with Crippen molar-refractivity contribution in [2.45, 2.75) is 32.9 Å². The highest BCUT2D eigenvalue weighted by molar-refractivity contribution is 6.32. The highest BCUT2D eigenvalue weighted by atomic mass is 35.5. The first kappa shape index (κ1) is 15.8. The largest absolute Gasteiger partial charge is 0.495 e. The van der Waals surface area contributed by atoms with Crippen molar-refractivity contribution in [2.75, 3.05) is 13.7 Å². The summed E-state index contributed by atoms with van der Waals surface area (Å²) < 4.78 is 5.10. The average molecular weight is 286 g/mol. The quantitative estimate of drug-likeness (QED) is 0.903. The number of ether oxygens (including phenoxy) is 1. The first-order valence-electron chi connectivity index (χ1n) is 6.03. The second-order valence-corrected chi connectivity index (χ2v) is 5.80. The van der Waals surface area contributed by atoms with Crippen LogP contribution in [0.15, 0.2) is 18.2 Å². The van der Waals surface area contributed by atoms with Crippen LogP contribution in [-0.2, 0) is 11.3 Å². The van der Waals surface area contributed by atoms with Gasteiger partial charge in [-0.1, -0.05) is 17.7 Å². The van der Waals surface area contributed by atoms with Gasteiger partial charge in [-0.25, -0.2) is 0 Å². The Morgan fingerprint density at radius 2 is 2.05 bits per heavy atom. The molecule has 19 heavy (non-hydrogen) atoms. The third kappa shape index (κ3) is 4.73. The van der Waals surface area contributed by atoms with E-state index in [0.717, 1.165) is 5.56 Å². The Hall–Kier alpha value is -1.26. The molecule has 4 nitrogen and oxygen atoms in total. The summed E-state index contributed by atoms with van der Waals surface area (Å²) >= 11 is 6.07. The Bertz CT molecular complexity index is 454. The van der Waals surface area contributed by atoms with E-state index < -0.39 is 5.97 Å². The molecule has 5 heteroatoms. The molecule has 0 bridgehead atoms. The van der Waals surface area contributed by atoms with Gasteiger partial charge in [0.25, 0.3) is 0 Å². The van der Waals surface area contributed by atoms with Crippen molar-refractivity contribution in [3.05, 3.63) is 28.8 Å². The number of carboxylic acids is 1. The van der Waals surface area contributed by atoms with Crippen molar-refractivity contribution in [1.82, 2.24) is 4.90 Å². The fourth-order valence-corrected chi connectivity index (χ4v) is 2.00. The molecular weight excluding hydrogens is 266 g/mol. The van der Waals surface area contributed by atoms with E-state index in [-0.39, 0.29) is 12.1 Å². The van der Waals surface area contributed by atoms with Crippen molar-refractivity contribution in [2.24, 2.45) is 0 Å². The lowest BCUT2D eigenvalue weighted by molar-refractivity contribution is -0.139. The van der Waals surface area contributed by atoms with Crippen molar-refractivity contribution >= 4 is 17.6 Å². The van der Waals surface area contributed by atoms with Crippen LogP contribution < -0.4 is 4.74 Å². The number of nitrogens with zero attached hydrogens (tertiary/aromatic N) is 1. The number of hydrogen-bond acceptors (Lipinski definition) is 3. The molecule has 0 saturated carbocycles. The highest BCUT2D eigenvalue weighted by Gasteiger charge is 2.23. The smallest absolute Gasteiger partial charge is 0.317 e. The maximum atomic E-state index is 10.9. The van der Waals surface area contributed by atoms with Gasteiger partial charge in [-0.05, 0) is 38.5 Å². The zero-order chi connectivity index (χ0) is 14.6. The zero-order valence-electron chi connectivity index (χ0n) is 11.7. The van der Waals surface area contributed by atoms with Crippen molar-refractivity contribution in [3.63, 3.8) is 0 Å². The molecule has 106 valence electrons. The molecule has 0 radical (unpaired) electrons. The molecule has 1 N–H and O–H groups in total. The van der Waals surface area contributed by atoms with E-state index >= 15 is 0 Å². The maximum absolute atomic E-state index is 10.9. The van der Waals surface area contributed by atoms with Gasteiger partial charge in [0.05, 0.1) is 18.7 Å². The minimum Gasteiger partial charge on any atom is -0.495 e. The van der Waals surface area contributed by atoms with E-state index in [1.807, 2.05) is 31.7 Å². The lowest BCUT2D eigenvalue weighted by Crippen LogP contribution is -2.43. The molecule has 0 heterocycles. The van der Waals surface area contributed by atoms with Crippen LogP contribution in [0.1, 0.15) is 26.3 Å². The third-order valence-corrected chi connectivity index (χ3v) is 3.16. The summed E-state index contributed by atoms with van der Waals surface area (Å²) in [7, 11) is 1.56. The first-order chi connectivity index (χ1) is 8.74. The average Bonchev–Trinajstić information content (AvgIpc) is 2.26. The molecule has 0 fully saturated rings. The van der Waals surface area contributed by atoms with Crippen molar-refractivity contribution in [1.29, 1.82) is 0 Å². The van der Waals surface area contributed by atoms with Crippen LogP contribution in [0.3, 0.4) is 0 Å². The predicted octanol–water partition coefficient (Wildman–Crippen LogP) is 3.03. The molecule has 0 unspecified atom stereocenters. The number of halogens is 1. The van der Waals surface area contributed by atoms with Gasteiger partial charge in [-0.15, -0.1) is 0 Å². The van der Waals surface area contributed by atoms with E-state index in [4.69, 9.17) is 21.4 Å². The second kappa shape index (κ2) is 6.26. The van der Waals surface area contributed by atoms with Crippen molar-refractivity contribution in [3.8, 4) is 5.75 Å². The molecule has 0 saturated heterocycles. The van der Waals surface area contributed by atoms with Gasteiger partial charge in [0, 0.05) is 12.1 Å². The number of methoxy groups -OCH3 is 1. The van der Waals surface area contributed by atoms with E-state index in [9.17, 15) is 4.79 Å². The number of carboxylic acid groups (broad SMARTS) is 1. The number of rotatable bonds is 5. The summed E-state index contributed by atoms with van der Waals surface area (Å²) in [4.78, 5) is 12.8. The fourth-order valence-electron chi connectivity index (χ4n) is 1.72. The van der Waals surface area contributed by atoms with Gasteiger partial charge in [-0.2, -0.15) is 0 Å². The van der Waals surface area contributed by atoms with Crippen LogP contribution in [0.2, 0.25) is 5.02 Å². The Kier molecular flexibility index (Phi) is 5.20. The van der Waals surface area contributed by atoms with Crippen LogP contribution in [-0.4, -0.2) is 35.2 Å². The van der Waals surface area contributed by atoms with Crippen LogP contribution in [0.25, 0.3) is 0 Å². The Labute approximate surface area is 118 Å². The first-order valence-corrected chi connectivity index (χ1v) is 6.41. The minimum atomic E-state index is -0.838. The van der Waals surface area contributed by atoms with E-state index in [1.165, 1.54) is 0 Å². The molecule has 0 aliphatic rings. The Balaban J connectivity index is 2.90. The molecule has 0 spiro atoms. The van der Waals surface area contributed by atoms with Crippen LogP contribution >= 0.6 is 11.6 Å². The van der Waals surface area contributed by atoms with Crippen LogP contribution in [0.4, 0.5) is 0 Å². The molecule has 1 rings (SSSR count). The lowest BCUT2D eigenvalue weighted by Gasteiger charge is -2.34. The third-order valence-electron chi connectivity index (χ3n) is 2.86. The van der Waals surface area contributed by atoms with Crippen LogP contribution in [0.5, 0.6) is 5.75 Å². The van der Waals surface area contributed by atoms with Crippen LogP contribution in [0, 0.1) is 0 Å². The number of aliphatic carboxylic acids is 1. The topological polar surface area (TPSA) is 49.8 Å². The van der Waals surface area contributed by atoms with Gasteiger partial charge in [0.1, 0.15) is 5.75 Å². The van der Waals surface area contributed by atoms with E-state index in [0.29, 0.717) is 17.3 Å². The number of carbonyl (C=O) groups is 1. The summed E-state index contributed by atoms with van der Waals surface area (Å²) in [5, 5.41) is 9.51. The molecule has 0 aromatic heterocycles. The van der Waals surface area contributed by atoms with E-state index in [1.54, 1.807) is 19.2 Å². The summed E-state index contributed by atoms with van der Waals surface area (Å²) in [6.45, 7) is 6.48. The molecular formula is C14H20ClNO3. The SMILES string of the molecule is COc1ccc(CN(CC(=O)O)C(C)(C)C)cc1Cl. The zero-order valence-corrected chi connectivity index (χ0v) is 12.5. The lowest BCUT2D eigenvalue weighted by atomic mass is 10.0. The summed E-state index contributed by atoms with van der Waals surface area (Å²) in [6, 6.07) is 5.49. The second-order valence-electron chi connectivity index (χ2n) is 5.39. The molecule has 0 aliphatic heterocycles. The minimum absolute atomic E-state index is 0.00680. The molecule has 1 aromatic carbocycles. The molecule has 0 atom stereocenters. The van der Waals surface area contributed by atoms with E-state index in [2.05, 4.69) is 0 Å².